The van der Waals surface area contributed by atoms with E-state index in [4.69, 9.17) is 4.74 Å². The maximum atomic E-state index is 14.2. The first kappa shape index (κ1) is 26.6. The van der Waals surface area contributed by atoms with Crippen molar-refractivity contribution in [1.82, 2.24) is 24.1 Å². The normalized spacial score (nSPS) is 13.6. The molecule has 0 aliphatic heterocycles. The summed E-state index contributed by atoms with van der Waals surface area (Å²) in [6.45, 7) is 5.63. The quantitative estimate of drug-likeness (QED) is 0.243. The Balaban J connectivity index is 1.61. The van der Waals surface area contributed by atoms with Gasteiger partial charge in [-0.1, -0.05) is 0 Å². The zero-order chi connectivity index (χ0) is 28.2. The van der Waals surface area contributed by atoms with Crippen LogP contribution in [0.2, 0.25) is 0 Å². The standard InChI is InChI=1S/C28H31N5O5S/c1-16-13-29-33(14-16)15-22-17(2)20(9-10-23(22)39(6,36)37)26(34)24-25(19-7-8-19)30-32(5)27(24)38-28(35)21-11-12-31(4)18(21)3/h9-14,19H,7-8,15H2,1-6H3. The molecule has 3 heterocycles. The minimum Gasteiger partial charge on any atom is -0.403 e. The smallest absolute Gasteiger partial charge is 0.346 e. The van der Waals surface area contributed by atoms with Gasteiger partial charge in [0.15, 0.2) is 9.84 Å². The molecule has 11 heteroatoms. The van der Waals surface area contributed by atoms with E-state index in [1.807, 2.05) is 31.7 Å². The second-order valence-electron chi connectivity index (χ2n) is 10.3. The van der Waals surface area contributed by atoms with Gasteiger partial charge in [0, 0.05) is 49.9 Å². The van der Waals surface area contributed by atoms with Gasteiger partial charge in [0.25, 0.3) is 0 Å². The van der Waals surface area contributed by atoms with Crippen molar-refractivity contribution in [3.05, 3.63) is 81.6 Å². The van der Waals surface area contributed by atoms with Crippen molar-refractivity contribution in [1.29, 1.82) is 0 Å². The van der Waals surface area contributed by atoms with Crippen molar-refractivity contribution < 1.29 is 22.7 Å². The maximum Gasteiger partial charge on any atom is 0.346 e. The van der Waals surface area contributed by atoms with Crippen LogP contribution in [0.5, 0.6) is 5.88 Å². The van der Waals surface area contributed by atoms with Crippen molar-refractivity contribution in [2.24, 2.45) is 14.1 Å². The van der Waals surface area contributed by atoms with E-state index >= 15 is 0 Å². The Morgan fingerprint density at radius 1 is 1.08 bits per heavy atom. The van der Waals surface area contributed by atoms with Gasteiger partial charge in [-0.3, -0.25) is 9.48 Å². The molecule has 0 radical (unpaired) electrons. The molecule has 39 heavy (non-hydrogen) atoms. The second-order valence-corrected chi connectivity index (χ2v) is 12.3. The molecule has 3 aromatic heterocycles. The number of aromatic nitrogens is 5. The number of carbonyl (C=O) groups is 2. The molecule has 0 unspecified atom stereocenters. The summed E-state index contributed by atoms with van der Waals surface area (Å²) in [6, 6.07) is 4.67. The molecule has 10 nitrogen and oxygen atoms in total. The zero-order valence-electron chi connectivity index (χ0n) is 22.8. The summed E-state index contributed by atoms with van der Waals surface area (Å²) >= 11 is 0. The van der Waals surface area contributed by atoms with Crippen LogP contribution < -0.4 is 4.74 Å². The van der Waals surface area contributed by atoms with E-state index in [0.717, 1.165) is 30.4 Å². The van der Waals surface area contributed by atoms with Crippen molar-refractivity contribution in [3.63, 3.8) is 0 Å². The largest absolute Gasteiger partial charge is 0.403 e. The summed E-state index contributed by atoms with van der Waals surface area (Å²) in [7, 11) is -0.0991. The van der Waals surface area contributed by atoms with Gasteiger partial charge < -0.3 is 9.30 Å². The molecule has 0 saturated heterocycles. The van der Waals surface area contributed by atoms with Crippen LogP contribution in [-0.2, 0) is 30.5 Å². The van der Waals surface area contributed by atoms with E-state index in [9.17, 15) is 18.0 Å². The molecule has 0 N–H and O–H groups in total. The molecule has 0 atom stereocenters. The number of esters is 1. The molecule has 1 aliphatic rings. The number of hydrogen-bond donors (Lipinski definition) is 0. The Kier molecular flexibility index (Phi) is 6.58. The fraction of sp³-hybridized carbons (Fsp3) is 0.357. The summed E-state index contributed by atoms with van der Waals surface area (Å²) in [4.78, 5) is 27.5. The third-order valence-corrected chi connectivity index (χ3v) is 8.47. The second kappa shape index (κ2) is 9.64. The highest BCUT2D eigenvalue weighted by Gasteiger charge is 2.37. The number of sulfone groups is 1. The molecule has 1 fully saturated rings. The lowest BCUT2D eigenvalue weighted by molar-refractivity contribution is 0.0717. The topological polar surface area (TPSA) is 118 Å². The SMILES string of the molecule is Cc1cnn(Cc2c(S(C)(=O)=O)ccc(C(=O)c3c(C4CC4)nn(C)c3OC(=O)c3ccn(C)c3C)c2C)c1. The Labute approximate surface area is 227 Å². The molecule has 1 aromatic carbocycles. The minimum atomic E-state index is -3.58. The lowest BCUT2D eigenvalue weighted by Gasteiger charge is -2.16. The number of ketones is 1. The Bertz CT molecular complexity index is 1740. The van der Waals surface area contributed by atoms with E-state index in [-0.39, 0.29) is 34.6 Å². The van der Waals surface area contributed by atoms with Gasteiger partial charge in [-0.25, -0.2) is 17.9 Å². The Morgan fingerprint density at radius 2 is 1.79 bits per heavy atom. The number of ether oxygens (including phenoxy) is 1. The lowest BCUT2D eigenvalue weighted by Crippen LogP contribution is -2.16. The molecule has 0 spiro atoms. The summed E-state index contributed by atoms with van der Waals surface area (Å²) in [5.74, 6) is -0.770. The van der Waals surface area contributed by atoms with Gasteiger partial charge in [0.2, 0.25) is 11.7 Å². The molecule has 4 aromatic rings. The van der Waals surface area contributed by atoms with Crippen LogP contribution in [0.15, 0.2) is 41.7 Å². The van der Waals surface area contributed by atoms with Gasteiger partial charge in [-0.2, -0.15) is 10.2 Å². The van der Waals surface area contributed by atoms with Crippen molar-refractivity contribution in [2.75, 3.05) is 6.26 Å². The van der Waals surface area contributed by atoms with Crippen LogP contribution in [0.4, 0.5) is 0 Å². The average Bonchev–Trinajstić information content (AvgIpc) is 3.44. The minimum absolute atomic E-state index is 0.0750. The monoisotopic (exact) mass is 549 g/mol. The van der Waals surface area contributed by atoms with Crippen molar-refractivity contribution >= 4 is 21.6 Å². The number of rotatable bonds is 8. The predicted octanol–water partition coefficient (Wildman–Crippen LogP) is 3.66. The molecule has 1 aliphatic carbocycles. The van der Waals surface area contributed by atoms with Crippen molar-refractivity contribution in [3.8, 4) is 5.88 Å². The molecule has 0 bridgehead atoms. The third-order valence-electron chi connectivity index (χ3n) is 7.29. The first-order chi connectivity index (χ1) is 18.4. The Morgan fingerprint density at radius 3 is 2.36 bits per heavy atom. The van der Waals surface area contributed by atoms with Crippen LogP contribution in [0, 0.1) is 20.8 Å². The highest BCUT2D eigenvalue weighted by Crippen LogP contribution is 2.44. The third kappa shape index (κ3) is 4.94. The number of aryl methyl sites for hydroxylation is 3. The van der Waals surface area contributed by atoms with Gasteiger partial charge >= 0.3 is 5.97 Å². The van der Waals surface area contributed by atoms with E-state index in [1.165, 1.54) is 16.8 Å². The van der Waals surface area contributed by atoms with Crippen molar-refractivity contribution in [2.45, 2.75) is 51.0 Å². The maximum absolute atomic E-state index is 14.2. The van der Waals surface area contributed by atoms with Gasteiger partial charge in [0.05, 0.1) is 28.9 Å². The average molecular weight is 550 g/mol. The van der Waals surface area contributed by atoms with Gasteiger partial charge in [-0.05, 0) is 68.5 Å². The molecule has 5 rings (SSSR count). The number of hydrogen-bond acceptors (Lipinski definition) is 7. The summed E-state index contributed by atoms with van der Waals surface area (Å²) in [5, 5.41) is 8.88. The number of nitrogens with zero attached hydrogens (tertiary/aromatic N) is 5. The highest BCUT2D eigenvalue weighted by atomic mass is 32.2. The molecule has 1 saturated carbocycles. The van der Waals surface area contributed by atoms with Crippen LogP contribution >= 0.6 is 0 Å². The summed E-state index contributed by atoms with van der Waals surface area (Å²) in [5.41, 5.74) is 4.23. The van der Waals surface area contributed by atoms with Gasteiger partial charge in [-0.15, -0.1) is 0 Å². The number of carbonyl (C=O) groups excluding carboxylic acids is 2. The van der Waals surface area contributed by atoms with Crippen LogP contribution in [0.25, 0.3) is 0 Å². The fourth-order valence-electron chi connectivity index (χ4n) is 4.84. The molecular weight excluding hydrogens is 518 g/mol. The van der Waals surface area contributed by atoms with Gasteiger partial charge in [0.1, 0.15) is 5.56 Å². The highest BCUT2D eigenvalue weighted by molar-refractivity contribution is 7.90. The fourth-order valence-corrected chi connectivity index (χ4v) is 5.82. The molecule has 204 valence electrons. The first-order valence-electron chi connectivity index (χ1n) is 12.6. The Hall–Kier alpha value is -3.99. The summed E-state index contributed by atoms with van der Waals surface area (Å²) < 4.78 is 36.0. The predicted molar refractivity (Wildman–Crippen MR) is 144 cm³/mol. The van der Waals surface area contributed by atoms with Crippen LogP contribution in [0.1, 0.15) is 73.1 Å². The van der Waals surface area contributed by atoms with E-state index < -0.39 is 15.8 Å². The number of benzene rings is 1. The molecule has 0 amide bonds. The molecular formula is C28H31N5O5S. The first-order valence-corrected chi connectivity index (χ1v) is 14.5. The van der Waals surface area contributed by atoms with Crippen LogP contribution in [0.3, 0.4) is 0 Å². The van der Waals surface area contributed by atoms with E-state index in [1.54, 1.807) is 37.1 Å². The van der Waals surface area contributed by atoms with Crippen LogP contribution in [-0.4, -0.2) is 50.6 Å². The summed E-state index contributed by atoms with van der Waals surface area (Å²) in [6.07, 6.45) is 8.20. The van der Waals surface area contributed by atoms with E-state index in [2.05, 4.69) is 10.2 Å². The lowest BCUT2D eigenvalue weighted by atomic mass is 9.94. The zero-order valence-corrected chi connectivity index (χ0v) is 23.7. The van der Waals surface area contributed by atoms with E-state index in [0.29, 0.717) is 27.9 Å².